The fourth-order valence-corrected chi connectivity index (χ4v) is 2.37. The van der Waals surface area contributed by atoms with E-state index < -0.39 is 5.41 Å². The van der Waals surface area contributed by atoms with Crippen LogP contribution in [0.1, 0.15) is 26.3 Å². The third-order valence-electron chi connectivity index (χ3n) is 4.04. The quantitative estimate of drug-likeness (QED) is 0.711. The summed E-state index contributed by atoms with van der Waals surface area (Å²) in [6.45, 7) is 7.64. The molecule has 0 saturated carbocycles. The van der Waals surface area contributed by atoms with Gasteiger partial charge in [0.1, 0.15) is 0 Å². The van der Waals surface area contributed by atoms with Gasteiger partial charge >= 0.3 is 0 Å². The number of aromatic nitrogens is 3. The molecule has 0 radical (unpaired) electrons. The Morgan fingerprint density at radius 2 is 1.89 bits per heavy atom. The van der Waals surface area contributed by atoms with E-state index in [0.717, 1.165) is 28.2 Å². The second-order valence-corrected chi connectivity index (χ2v) is 7.37. The van der Waals surface area contributed by atoms with E-state index in [4.69, 9.17) is 0 Å². The van der Waals surface area contributed by atoms with Gasteiger partial charge in [0, 0.05) is 40.9 Å². The van der Waals surface area contributed by atoms with Crippen LogP contribution in [-0.4, -0.2) is 20.9 Å². The highest BCUT2D eigenvalue weighted by Crippen LogP contribution is 2.25. The van der Waals surface area contributed by atoms with Crippen LogP contribution < -0.4 is 10.6 Å². The van der Waals surface area contributed by atoms with Gasteiger partial charge in [0.05, 0.1) is 5.69 Å². The predicted octanol–water partition coefficient (Wildman–Crippen LogP) is 4.58. The van der Waals surface area contributed by atoms with Gasteiger partial charge in [-0.1, -0.05) is 26.8 Å². The number of carbonyl (C=O) groups excluding carboxylic acids is 1. The molecule has 27 heavy (non-hydrogen) atoms. The summed E-state index contributed by atoms with van der Waals surface area (Å²) < 4.78 is 0. The van der Waals surface area contributed by atoms with E-state index in [1.165, 1.54) is 0 Å². The number of anilines is 3. The molecule has 0 aliphatic rings. The molecule has 0 aliphatic heterocycles. The minimum atomic E-state index is -0.459. The number of hydrogen-bond acceptors (Lipinski definition) is 5. The molecule has 2 aromatic heterocycles. The number of hydrogen-bond donors (Lipinski definition) is 2. The van der Waals surface area contributed by atoms with Crippen LogP contribution in [0.4, 0.5) is 17.3 Å². The molecule has 0 fully saturated rings. The van der Waals surface area contributed by atoms with Gasteiger partial charge in [-0.05, 0) is 42.8 Å². The standard InChI is InChI=1S/C21H23N5O/c1-14-7-8-16(24-19(27)21(2,3)4)12-18(14)26-20-23-11-9-17(25-20)15-6-5-10-22-13-15/h5-13H,1-4H3,(H,24,27)(H,23,25,26). The number of nitrogens with zero attached hydrogens (tertiary/aromatic N) is 3. The summed E-state index contributed by atoms with van der Waals surface area (Å²) in [5, 5.41) is 6.19. The summed E-state index contributed by atoms with van der Waals surface area (Å²) in [5.74, 6) is 0.450. The summed E-state index contributed by atoms with van der Waals surface area (Å²) in [5.41, 5.74) is 3.84. The maximum Gasteiger partial charge on any atom is 0.229 e. The van der Waals surface area contributed by atoms with Crippen LogP contribution in [-0.2, 0) is 4.79 Å². The number of amides is 1. The smallest absolute Gasteiger partial charge is 0.229 e. The van der Waals surface area contributed by atoms with E-state index in [1.807, 2.05) is 64.1 Å². The van der Waals surface area contributed by atoms with Crippen LogP contribution >= 0.6 is 0 Å². The lowest BCUT2D eigenvalue weighted by atomic mass is 9.95. The molecule has 6 heteroatoms. The van der Waals surface area contributed by atoms with E-state index in [0.29, 0.717) is 5.95 Å². The van der Waals surface area contributed by atoms with Crippen LogP contribution in [0.15, 0.2) is 55.0 Å². The normalized spacial score (nSPS) is 11.1. The van der Waals surface area contributed by atoms with Gasteiger partial charge < -0.3 is 10.6 Å². The Morgan fingerprint density at radius 3 is 2.59 bits per heavy atom. The lowest BCUT2D eigenvalue weighted by Gasteiger charge is -2.18. The second-order valence-electron chi connectivity index (χ2n) is 7.37. The summed E-state index contributed by atoms with van der Waals surface area (Å²) in [7, 11) is 0. The Hall–Kier alpha value is -3.28. The van der Waals surface area contributed by atoms with Crippen molar-refractivity contribution in [2.24, 2.45) is 5.41 Å². The van der Waals surface area contributed by atoms with Gasteiger partial charge in [0.25, 0.3) is 0 Å². The molecular formula is C21H23N5O. The molecule has 0 unspecified atom stereocenters. The van der Waals surface area contributed by atoms with Crippen molar-refractivity contribution in [3.05, 3.63) is 60.6 Å². The molecule has 0 aliphatic carbocycles. The first-order chi connectivity index (χ1) is 12.8. The monoisotopic (exact) mass is 361 g/mol. The molecule has 0 bridgehead atoms. The van der Waals surface area contributed by atoms with Crippen molar-refractivity contribution in [3.8, 4) is 11.3 Å². The van der Waals surface area contributed by atoms with Gasteiger partial charge in [0.15, 0.2) is 0 Å². The summed E-state index contributed by atoms with van der Waals surface area (Å²) in [6.07, 6.45) is 5.20. The Labute approximate surface area is 159 Å². The van der Waals surface area contributed by atoms with Gasteiger partial charge in [-0.15, -0.1) is 0 Å². The maximum absolute atomic E-state index is 12.2. The SMILES string of the molecule is Cc1ccc(NC(=O)C(C)(C)C)cc1Nc1nccc(-c2cccnc2)n1. The van der Waals surface area contributed by atoms with Crippen molar-refractivity contribution in [2.75, 3.05) is 10.6 Å². The minimum absolute atomic E-state index is 0.0351. The van der Waals surface area contributed by atoms with Gasteiger partial charge in [-0.3, -0.25) is 9.78 Å². The molecular weight excluding hydrogens is 338 g/mol. The van der Waals surface area contributed by atoms with E-state index in [9.17, 15) is 4.79 Å². The molecule has 6 nitrogen and oxygen atoms in total. The fourth-order valence-electron chi connectivity index (χ4n) is 2.37. The molecule has 1 amide bonds. The van der Waals surface area contributed by atoms with E-state index >= 15 is 0 Å². The molecule has 138 valence electrons. The number of nitrogens with one attached hydrogen (secondary N) is 2. The second kappa shape index (κ2) is 7.53. The largest absolute Gasteiger partial charge is 0.326 e. The van der Waals surface area contributed by atoms with Crippen molar-refractivity contribution >= 4 is 23.2 Å². The molecule has 1 aromatic carbocycles. The first-order valence-corrected chi connectivity index (χ1v) is 8.75. The van der Waals surface area contributed by atoms with Crippen molar-refractivity contribution in [3.63, 3.8) is 0 Å². The summed E-state index contributed by atoms with van der Waals surface area (Å²) in [4.78, 5) is 25.2. The van der Waals surface area contributed by atoms with Crippen LogP contribution in [0.25, 0.3) is 11.3 Å². The first-order valence-electron chi connectivity index (χ1n) is 8.75. The van der Waals surface area contributed by atoms with Crippen molar-refractivity contribution in [1.82, 2.24) is 15.0 Å². The lowest BCUT2D eigenvalue weighted by Crippen LogP contribution is -2.27. The Bertz CT molecular complexity index is 948. The molecule has 3 rings (SSSR count). The van der Waals surface area contributed by atoms with Gasteiger partial charge in [0.2, 0.25) is 11.9 Å². The molecule has 0 saturated heterocycles. The first kappa shape index (κ1) is 18.5. The molecule has 2 N–H and O–H groups in total. The third kappa shape index (κ3) is 4.67. The topological polar surface area (TPSA) is 79.8 Å². The highest BCUT2D eigenvalue weighted by Gasteiger charge is 2.21. The Kier molecular flexibility index (Phi) is 5.16. The Morgan fingerprint density at radius 1 is 1.07 bits per heavy atom. The highest BCUT2D eigenvalue weighted by molar-refractivity contribution is 5.95. The zero-order valence-electron chi connectivity index (χ0n) is 15.9. The van der Waals surface area contributed by atoms with Gasteiger partial charge in [-0.25, -0.2) is 9.97 Å². The van der Waals surface area contributed by atoms with Crippen molar-refractivity contribution < 1.29 is 4.79 Å². The highest BCUT2D eigenvalue weighted by atomic mass is 16.2. The molecule has 2 heterocycles. The average Bonchev–Trinajstić information content (AvgIpc) is 2.64. The summed E-state index contributed by atoms with van der Waals surface area (Å²) in [6, 6.07) is 11.4. The maximum atomic E-state index is 12.2. The molecule has 3 aromatic rings. The van der Waals surface area contributed by atoms with Crippen LogP contribution in [0, 0.1) is 12.3 Å². The Balaban J connectivity index is 1.83. The number of pyridine rings is 1. The zero-order chi connectivity index (χ0) is 19.4. The third-order valence-corrected chi connectivity index (χ3v) is 4.04. The number of aryl methyl sites for hydroxylation is 1. The van der Waals surface area contributed by atoms with Crippen molar-refractivity contribution in [1.29, 1.82) is 0 Å². The number of carbonyl (C=O) groups is 1. The lowest BCUT2D eigenvalue weighted by molar-refractivity contribution is -0.123. The fraction of sp³-hybridized carbons (Fsp3) is 0.238. The van der Waals surface area contributed by atoms with Crippen LogP contribution in [0.5, 0.6) is 0 Å². The van der Waals surface area contributed by atoms with Crippen molar-refractivity contribution in [2.45, 2.75) is 27.7 Å². The van der Waals surface area contributed by atoms with E-state index in [2.05, 4.69) is 25.6 Å². The van der Waals surface area contributed by atoms with Crippen LogP contribution in [0.3, 0.4) is 0 Å². The predicted molar refractivity (Wildman–Crippen MR) is 108 cm³/mol. The van der Waals surface area contributed by atoms with E-state index in [1.54, 1.807) is 18.6 Å². The number of rotatable bonds is 4. The minimum Gasteiger partial charge on any atom is -0.326 e. The van der Waals surface area contributed by atoms with E-state index in [-0.39, 0.29) is 5.91 Å². The number of benzene rings is 1. The zero-order valence-corrected chi connectivity index (χ0v) is 15.9. The molecule has 0 spiro atoms. The van der Waals surface area contributed by atoms with Crippen LogP contribution in [0.2, 0.25) is 0 Å². The molecule has 0 atom stereocenters. The summed E-state index contributed by atoms with van der Waals surface area (Å²) >= 11 is 0. The average molecular weight is 361 g/mol. The van der Waals surface area contributed by atoms with Gasteiger partial charge in [-0.2, -0.15) is 0 Å².